The van der Waals surface area contributed by atoms with Gasteiger partial charge in [-0.25, -0.2) is 9.37 Å². The average molecular weight is 307 g/mol. The first kappa shape index (κ1) is 15.0. The van der Waals surface area contributed by atoms with Crippen molar-refractivity contribution in [3.8, 4) is 17.1 Å². The van der Waals surface area contributed by atoms with Gasteiger partial charge in [-0.15, -0.1) is 12.4 Å². The third kappa shape index (κ3) is 2.73. The normalized spacial score (nSPS) is 10.2. The standard InChI is InChI=1S/C15H11FN2O2.ClH/c1-20-12-4-2-3-11-13(12)17-14(18-15(11)19)9-5-7-10(16)8-6-9;/h2-8H,1H3,(H,17,18,19);1H. The summed E-state index contributed by atoms with van der Waals surface area (Å²) in [5.74, 6) is 0.568. The van der Waals surface area contributed by atoms with Crippen LogP contribution in [-0.2, 0) is 0 Å². The number of aromatic nitrogens is 2. The molecule has 0 saturated heterocycles. The van der Waals surface area contributed by atoms with Crippen LogP contribution in [0.4, 0.5) is 4.39 Å². The largest absolute Gasteiger partial charge is 0.494 e. The monoisotopic (exact) mass is 306 g/mol. The van der Waals surface area contributed by atoms with E-state index in [1.165, 1.54) is 19.2 Å². The molecule has 0 aliphatic heterocycles. The summed E-state index contributed by atoms with van der Waals surface area (Å²) in [7, 11) is 1.52. The summed E-state index contributed by atoms with van der Waals surface area (Å²) < 4.78 is 18.2. The lowest BCUT2D eigenvalue weighted by Gasteiger charge is -2.06. The predicted octanol–water partition coefficient (Wildman–Crippen LogP) is 3.16. The number of H-pyrrole nitrogens is 1. The maximum absolute atomic E-state index is 12.9. The Morgan fingerprint density at radius 3 is 2.52 bits per heavy atom. The molecule has 108 valence electrons. The van der Waals surface area contributed by atoms with Crippen molar-refractivity contribution >= 4 is 23.3 Å². The van der Waals surface area contributed by atoms with Gasteiger partial charge in [0, 0.05) is 5.56 Å². The smallest absolute Gasteiger partial charge is 0.259 e. The van der Waals surface area contributed by atoms with Gasteiger partial charge in [-0.2, -0.15) is 0 Å². The van der Waals surface area contributed by atoms with E-state index in [9.17, 15) is 9.18 Å². The fourth-order valence-corrected chi connectivity index (χ4v) is 2.04. The summed E-state index contributed by atoms with van der Waals surface area (Å²) in [5, 5.41) is 0.454. The Hall–Kier alpha value is -2.40. The van der Waals surface area contributed by atoms with Gasteiger partial charge in [0.15, 0.2) is 0 Å². The minimum atomic E-state index is -0.338. The molecule has 0 aliphatic rings. The number of hydrogen-bond acceptors (Lipinski definition) is 3. The van der Waals surface area contributed by atoms with Crippen LogP contribution < -0.4 is 10.3 Å². The Kier molecular flexibility index (Phi) is 4.23. The van der Waals surface area contributed by atoms with Crippen molar-refractivity contribution in [1.82, 2.24) is 9.97 Å². The number of fused-ring (bicyclic) bond motifs is 1. The number of hydrogen-bond donors (Lipinski definition) is 1. The van der Waals surface area contributed by atoms with Crippen molar-refractivity contribution in [2.45, 2.75) is 0 Å². The second-order valence-corrected chi connectivity index (χ2v) is 4.28. The Balaban J connectivity index is 0.00000161. The van der Waals surface area contributed by atoms with Gasteiger partial charge in [-0.3, -0.25) is 4.79 Å². The molecule has 4 nitrogen and oxygen atoms in total. The topological polar surface area (TPSA) is 55.0 Å². The van der Waals surface area contributed by atoms with Crippen LogP contribution in [0.2, 0.25) is 0 Å². The molecule has 1 heterocycles. The van der Waals surface area contributed by atoms with Crippen LogP contribution in [0.25, 0.3) is 22.3 Å². The molecule has 3 rings (SSSR count). The molecule has 0 aliphatic carbocycles. The van der Waals surface area contributed by atoms with Gasteiger partial charge in [0.2, 0.25) is 0 Å². The summed E-state index contributed by atoms with van der Waals surface area (Å²) in [5.41, 5.74) is 0.864. The molecule has 0 amide bonds. The highest BCUT2D eigenvalue weighted by Crippen LogP contribution is 2.23. The minimum absolute atomic E-state index is 0. The highest BCUT2D eigenvalue weighted by Gasteiger charge is 2.09. The number of nitrogens with one attached hydrogen (secondary N) is 1. The molecule has 6 heteroatoms. The van der Waals surface area contributed by atoms with Gasteiger partial charge in [-0.1, -0.05) is 6.07 Å². The van der Waals surface area contributed by atoms with E-state index in [1.54, 1.807) is 30.3 Å². The number of ether oxygens (including phenoxy) is 1. The lowest BCUT2D eigenvalue weighted by atomic mass is 10.2. The molecule has 0 saturated carbocycles. The van der Waals surface area contributed by atoms with Gasteiger partial charge in [0.25, 0.3) is 5.56 Å². The van der Waals surface area contributed by atoms with Crippen LogP contribution >= 0.6 is 12.4 Å². The maximum Gasteiger partial charge on any atom is 0.259 e. The number of aromatic amines is 1. The maximum atomic E-state index is 12.9. The molecule has 0 fully saturated rings. The van der Waals surface area contributed by atoms with E-state index in [1.807, 2.05) is 0 Å². The van der Waals surface area contributed by atoms with Crippen LogP contribution in [0.15, 0.2) is 47.3 Å². The van der Waals surface area contributed by atoms with Gasteiger partial charge in [0.1, 0.15) is 22.9 Å². The first-order valence-electron chi connectivity index (χ1n) is 6.02. The summed E-state index contributed by atoms with van der Waals surface area (Å²) >= 11 is 0. The molecule has 0 atom stereocenters. The highest BCUT2D eigenvalue weighted by atomic mass is 35.5. The van der Waals surface area contributed by atoms with Crippen molar-refractivity contribution in [2.24, 2.45) is 0 Å². The van der Waals surface area contributed by atoms with Crippen molar-refractivity contribution in [1.29, 1.82) is 0 Å². The number of rotatable bonds is 2. The molecule has 0 bridgehead atoms. The first-order valence-corrected chi connectivity index (χ1v) is 6.02. The van der Waals surface area contributed by atoms with Crippen LogP contribution in [-0.4, -0.2) is 17.1 Å². The van der Waals surface area contributed by atoms with Crippen LogP contribution in [0.5, 0.6) is 5.75 Å². The molecular formula is C15H12ClFN2O2. The van der Waals surface area contributed by atoms with E-state index in [0.29, 0.717) is 28.0 Å². The number of nitrogens with zero attached hydrogens (tertiary/aromatic N) is 1. The highest BCUT2D eigenvalue weighted by molar-refractivity contribution is 5.85. The van der Waals surface area contributed by atoms with Gasteiger partial charge in [0.05, 0.1) is 12.5 Å². The minimum Gasteiger partial charge on any atom is -0.494 e. The molecule has 0 radical (unpaired) electrons. The number of benzene rings is 2. The molecule has 3 aromatic rings. The summed E-state index contributed by atoms with van der Waals surface area (Å²) in [6.07, 6.45) is 0. The lowest BCUT2D eigenvalue weighted by Crippen LogP contribution is -2.10. The summed E-state index contributed by atoms with van der Waals surface area (Å²) in [6, 6.07) is 10.9. The summed E-state index contributed by atoms with van der Waals surface area (Å²) in [4.78, 5) is 19.2. The van der Waals surface area contributed by atoms with Crippen molar-refractivity contribution < 1.29 is 9.13 Å². The zero-order valence-electron chi connectivity index (χ0n) is 11.1. The van der Waals surface area contributed by atoms with E-state index >= 15 is 0 Å². The van der Waals surface area contributed by atoms with Gasteiger partial charge in [-0.05, 0) is 36.4 Å². The molecule has 21 heavy (non-hydrogen) atoms. The van der Waals surface area contributed by atoms with Crippen molar-refractivity contribution in [3.63, 3.8) is 0 Å². The van der Waals surface area contributed by atoms with E-state index in [-0.39, 0.29) is 23.8 Å². The van der Waals surface area contributed by atoms with E-state index in [2.05, 4.69) is 9.97 Å². The second kappa shape index (κ2) is 5.93. The molecular weight excluding hydrogens is 295 g/mol. The SMILES string of the molecule is COc1cccc2c(=O)[nH]c(-c3ccc(F)cc3)nc12.Cl. The van der Waals surface area contributed by atoms with Crippen LogP contribution in [0, 0.1) is 5.82 Å². The molecule has 2 aromatic carbocycles. The third-order valence-electron chi connectivity index (χ3n) is 3.04. The second-order valence-electron chi connectivity index (χ2n) is 4.28. The number of halogens is 2. The van der Waals surface area contributed by atoms with Crippen LogP contribution in [0.3, 0.4) is 0 Å². The Bertz CT molecular complexity index is 831. The van der Waals surface area contributed by atoms with Gasteiger partial charge >= 0.3 is 0 Å². The molecule has 1 aromatic heterocycles. The lowest BCUT2D eigenvalue weighted by molar-refractivity contribution is 0.419. The number of methoxy groups -OCH3 is 1. The average Bonchev–Trinajstić information content (AvgIpc) is 2.47. The van der Waals surface area contributed by atoms with Crippen molar-refractivity contribution in [2.75, 3.05) is 7.11 Å². The van der Waals surface area contributed by atoms with Crippen molar-refractivity contribution in [3.05, 3.63) is 58.6 Å². The van der Waals surface area contributed by atoms with E-state index < -0.39 is 0 Å². The molecule has 1 N–H and O–H groups in total. The zero-order valence-corrected chi connectivity index (χ0v) is 11.9. The van der Waals surface area contributed by atoms with E-state index in [0.717, 1.165) is 0 Å². The van der Waals surface area contributed by atoms with Gasteiger partial charge < -0.3 is 9.72 Å². The molecule has 0 unspecified atom stereocenters. The number of para-hydroxylation sites is 1. The van der Waals surface area contributed by atoms with E-state index in [4.69, 9.17) is 4.74 Å². The Labute approximate surface area is 126 Å². The fourth-order valence-electron chi connectivity index (χ4n) is 2.04. The Morgan fingerprint density at radius 1 is 1.14 bits per heavy atom. The molecule has 0 spiro atoms. The fraction of sp³-hybridized carbons (Fsp3) is 0.0667. The summed E-state index contributed by atoms with van der Waals surface area (Å²) in [6.45, 7) is 0. The predicted molar refractivity (Wildman–Crippen MR) is 81.6 cm³/mol. The third-order valence-corrected chi connectivity index (χ3v) is 3.04. The van der Waals surface area contributed by atoms with Crippen LogP contribution in [0.1, 0.15) is 0 Å². The zero-order chi connectivity index (χ0) is 14.1. The quantitative estimate of drug-likeness (QED) is 0.791. The Morgan fingerprint density at radius 2 is 1.86 bits per heavy atom. The first-order chi connectivity index (χ1) is 9.69.